The molecule has 1 aromatic rings. The standard InChI is InChI=1S/C14H17ClO4/c15-10-8-9(14(17)18)6-7-12(10)19-13-5-3-1-2-4-11(13)16/h6-8,11,13,16H,1-5H2,(H,17,18). The number of aromatic carboxylic acids is 1. The third-order valence-electron chi connectivity index (χ3n) is 3.37. The Balaban J connectivity index is 2.11. The van der Waals surface area contributed by atoms with Crippen molar-refractivity contribution in [1.29, 1.82) is 0 Å². The molecule has 19 heavy (non-hydrogen) atoms. The first kappa shape index (κ1) is 14.2. The van der Waals surface area contributed by atoms with Gasteiger partial charge in [0.25, 0.3) is 0 Å². The molecule has 0 aromatic heterocycles. The van der Waals surface area contributed by atoms with Crippen LogP contribution in [-0.2, 0) is 0 Å². The van der Waals surface area contributed by atoms with Crippen molar-refractivity contribution in [2.75, 3.05) is 0 Å². The van der Waals surface area contributed by atoms with Gasteiger partial charge >= 0.3 is 5.97 Å². The molecule has 1 fully saturated rings. The van der Waals surface area contributed by atoms with Crippen LogP contribution in [0, 0.1) is 0 Å². The maximum Gasteiger partial charge on any atom is 0.335 e. The Morgan fingerprint density at radius 2 is 2.00 bits per heavy atom. The summed E-state index contributed by atoms with van der Waals surface area (Å²) in [5.74, 6) is -0.597. The first-order chi connectivity index (χ1) is 9.08. The van der Waals surface area contributed by atoms with Gasteiger partial charge in [-0.15, -0.1) is 0 Å². The number of benzene rings is 1. The summed E-state index contributed by atoms with van der Waals surface area (Å²) in [4.78, 5) is 10.8. The van der Waals surface area contributed by atoms with Crippen LogP contribution in [0.4, 0.5) is 0 Å². The second-order valence-corrected chi connectivity index (χ2v) is 5.22. The molecule has 2 N–H and O–H groups in total. The molecule has 2 rings (SSSR count). The summed E-state index contributed by atoms with van der Waals surface area (Å²) < 4.78 is 5.74. The molecule has 1 aliphatic carbocycles. The number of aliphatic hydroxyl groups excluding tert-OH is 1. The van der Waals surface area contributed by atoms with Crippen LogP contribution < -0.4 is 4.74 Å². The number of hydrogen-bond acceptors (Lipinski definition) is 3. The molecule has 0 saturated heterocycles. The maximum atomic E-state index is 10.8. The van der Waals surface area contributed by atoms with Crippen molar-refractivity contribution >= 4 is 17.6 Å². The quantitative estimate of drug-likeness (QED) is 0.837. The van der Waals surface area contributed by atoms with Crippen molar-refractivity contribution in [3.8, 4) is 5.75 Å². The van der Waals surface area contributed by atoms with Gasteiger partial charge in [0, 0.05) is 0 Å². The van der Waals surface area contributed by atoms with Crippen LogP contribution in [0.1, 0.15) is 42.5 Å². The highest BCUT2D eigenvalue weighted by Crippen LogP contribution is 2.29. The maximum absolute atomic E-state index is 10.8. The second kappa shape index (κ2) is 6.26. The van der Waals surface area contributed by atoms with E-state index in [0.29, 0.717) is 5.75 Å². The zero-order chi connectivity index (χ0) is 13.8. The summed E-state index contributed by atoms with van der Waals surface area (Å²) in [7, 11) is 0. The Morgan fingerprint density at radius 3 is 2.68 bits per heavy atom. The van der Waals surface area contributed by atoms with Crippen LogP contribution in [-0.4, -0.2) is 28.4 Å². The van der Waals surface area contributed by atoms with Gasteiger partial charge in [-0.1, -0.05) is 24.4 Å². The van der Waals surface area contributed by atoms with Crippen LogP contribution >= 0.6 is 11.6 Å². The van der Waals surface area contributed by atoms with E-state index in [0.717, 1.165) is 32.1 Å². The molecule has 104 valence electrons. The van der Waals surface area contributed by atoms with Crippen molar-refractivity contribution in [2.45, 2.75) is 44.3 Å². The molecule has 0 amide bonds. The highest BCUT2D eigenvalue weighted by molar-refractivity contribution is 6.32. The van der Waals surface area contributed by atoms with Gasteiger partial charge in [-0.25, -0.2) is 4.79 Å². The van der Waals surface area contributed by atoms with E-state index >= 15 is 0 Å². The molecule has 0 aliphatic heterocycles. The van der Waals surface area contributed by atoms with Crippen LogP contribution in [0.15, 0.2) is 18.2 Å². The first-order valence-electron chi connectivity index (χ1n) is 6.45. The second-order valence-electron chi connectivity index (χ2n) is 4.81. The van der Waals surface area contributed by atoms with E-state index in [1.807, 2.05) is 0 Å². The van der Waals surface area contributed by atoms with Crippen molar-refractivity contribution in [2.24, 2.45) is 0 Å². The molecule has 2 atom stereocenters. The highest BCUT2D eigenvalue weighted by Gasteiger charge is 2.24. The Hall–Kier alpha value is -1.26. The number of carboxylic acids is 1. The summed E-state index contributed by atoms with van der Waals surface area (Å²) in [6, 6.07) is 4.36. The van der Waals surface area contributed by atoms with Gasteiger partial charge in [-0.05, 0) is 37.5 Å². The number of hydrogen-bond donors (Lipinski definition) is 2. The summed E-state index contributed by atoms with van der Waals surface area (Å²) >= 11 is 6.01. The van der Waals surface area contributed by atoms with Gasteiger partial charge in [0.2, 0.25) is 0 Å². The molecule has 1 aromatic carbocycles. The van der Waals surface area contributed by atoms with Gasteiger partial charge < -0.3 is 14.9 Å². The van der Waals surface area contributed by atoms with Gasteiger partial charge in [-0.3, -0.25) is 0 Å². The summed E-state index contributed by atoms with van der Waals surface area (Å²) in [5.41, 5.74) is 0.124. The fourth-order valence-corrected chi connectivity index (χ4v) is 2.51. The minimum Gasteiger partial charge on any atom is -0.486 e. The fraction of sp³-hybridized carbons (Fsp3) is 0.500. The van der Waals surface area contributed by atoms with E-state index in [9.17, 15) is 9.90 Å². The minimum atomic E-state index is -1.03. The average molecular weight is 285 g/mol. The lowest BCUT2D eigenvalue weighted by molar-refractivity contribution is 0.0320. The third-order valence-corrected chi connectivity index (χ3v) is 3.67. The molecule has 0 spiro atoms. The summed E-state index contributed by atoms with van der Waals surface area (Å²) in [6.07, 6.45) is 3.89. The van der Waals surface area contributed by atoms with Crippen LogP contribution in [0.25, 0.3) is 0 Å². The smallest absolute Gasteiger partial charge is 0.335 e. The number of carboxylic acid groups (broad SMARTS) is 1. The van der Waals surface area contributed by atoms with Crippen molar-refractivity contribution in [3.05, 3.63) is 28.8 Å². The first-order valence-corrected chi connectivity index (χ1v) is 6.83. The summed E-state index contributed by atoms with van der Waals surface area (Å²) in [5, 5.41) is 19.1. The van der Waals surface area contributed by atoms with Crippen molar-refractivity contribution in [1.82, 2.24) is 0 Å². The zero-order valence-corrected chi connectivity index (χ0v) is 11.3. The molecule has 1 aliphatic rings. The lowest BCUT2D eigenvalue weighted by atomic mass is 10.1. The third kappa shape index (κ3) is 3.61. The number of rotatable bonds is 3. The number of halogens is 1. The molecular weight excluding hydrogens is 268 g/mol. The largest absolute Gasteiger partial charge is 0.486 e. The van der Waals surface area contributed by atoms with Gasteiger partial charge in [0.15, 0.2) is 0 Å². The predicted molar refractivity (Wildman–Crippen MR) is 71.9 cm³/mol. The Labute approximate surface area is 117 Å². The predicted octanol–water partition coefficient (Wildman–Crippen LogP) is 3.11. The Bertz CT molecular complexity index is 461. The normalized spacial score (nSPS) is 23.7. The monoisotopic (exact) mass is 284 g/mol. The van der Waals surface area contributed by atoms with Gasteiger partial charge in [0.05, 0.1) is 16.7 Å². The van der Waals surface area contributed by atoms with Gasteiger partial charge in [-0.2, -0.15) is 0 Å². The lowest BCUT2D eigenvalue weighted by Gasteiger charge is -2.22. The SMILES string of the molecule is O=C(O)c1ccc(OC2CCCCCC2O)c(Cl)c1. The zero-order valence-electron chi connectivity index (χ0n) is 10.5. The van der Waals surface area contributed by atoms with Crippen molar-refractivity contribution in [3.63, 3.8) is 0 Å². The summed E-state index contributed by atoms with van der Waals surface area (Å²) in [6.45, 7) is 0. The van der Waals surface area contributed by atoms with Crippen LogP contribution in [0.3, 0.4) is 0 Å². The molecule has 2 unspecified atom stereocenters. The molecule has 0 bridgehead atoms. The van der Waals surface area contributed by atoms with Crippen LogP contribution in [0.2, 0.25) is 5.02 Å². The number of ether oxygens (including phenoxy) is 1. The molecule has 0 heterocycles. The van der Waals surface area contributed by atoms with E-state index in [-0.39, 0.29) is 16.7 Å². The molecular formula is C14H17ClO4. The van der Waals surface area contributed by atoms with E-state index in [1.54, 1.807) is 6.07 Å². The van der Waals surface area contributed by atoms with Crippen molar-refractivity contribution < 1.29 is 19.7 Å². The molecule has 5 heteroatoms. The fourth-order valence-electron chi connectivity index (χ4n) is 2.28. The van der Waals surface area contributed by atoms with E-state index < -0.39 is 12.1 Å². The Kier molecular flexibility index (Phi) is 4.66. The van der Waals surface area contributed by atoms with E-state index in [2.05, 4.69) is 0 Å². The number of aliphatic hydroxyl groups is 1. The van der Waals surface area contributed by atoms with Gasteiger partial charge in [0.1, 0.15) is 11.9 Å². The average Bonchev–Trinajstić information content (AvgIpc) is 2.57. The molecule has 1 saturated carbocycles. The molecule has 4 nitrogen and oxygen atoms in total. The van der Waals surface area contributed by atoms with Crippen LogP contribution in [0.5, 0.6) is 5.75 Å². The topological polar surface area (TPSA) is 66.8 Å². The van der Waals surface area contributed by atoms with E-state index in [4.69, 9.17) is 21.4 Å². The Morgan fingerprint density at radius 1 is 1.26 bits per heavy atom. The highest BCUT2D eigenvalue weighted by atomic mass is 35.5. The molecule has 0 radical (unpaired) electrons. The minimum absolute atomic E-state index is 0.124. The van der Waals surface area contributed by atoms with E-state index in [1.165, 1.54) is 12.1 Å². The lowest BCUT2D eigenvalue weighted by Crippen LogP contribution is -2.30. The number of carbonyl (C=O) groups is 1.